The molecular formula is C13H8NNa. The first-order chi connectivity index (χ1) is 6.90. The Labute approximate surface area is 112 Å². The van der Waals surface area contributed by atoms with Gasteiger partial charge in [-0.15, -0.1) is 5.56 Å². The number of benzene rings is 2. The first-order valence-electron chi connectivity index (χ1n) is 4.37. The van der Waals surface area contributed by atoms with Crippen molar-refractivity contribution in [1.82, 2.24) is 0 Å². The number of rotatable bonds is 1. The van der Waals surface area contributed by atoms with Crippen LogP contribution in [-0.2, 0) is 0 Å². The van der Waals surface area contributed by atoms with Crippen LogP contribution in [0.5, 0.6) is 0 Å². The van der Waals surface area contributed by atoms with Gasteiger partial charge >= 0.3 is 29.6 Å². The topological polar surface area (TPSA) is 23.8 Å². The largest absolute Gasteiger partial charge is 1.00 e. The molecule has 2 aromatic rings. The van der Waals surface area contributed by atoms with Crippen LogP contribution in [0.2, 0.25) is 0 Å². The molecule has 2 aromatic carbocycles. The molecule has 0 aliphatic rings. The molecule has 15 heavy (non-hydrogen) atoms. The second kappa shape index (κ2) is 5.72. The van der Waals surface area contributed by atoms with Crippen molar-refractivity contribution in [1.29, 1.82) is 5.26 Å². The molecule has 0 heterocycles. The third kappa shape index (κ3) is 2.94. The molecule has 0 unspecified atom stereocenters. The van der Waals surface area contributed by atoms with Crippen molar-refractivity contribution >= 4 is 0 Å². The first kappa shape index (κ1) is 12.0. The zero-order valence-electron chi connectivity index (χ0n) is 8.57. The van der Waals surface area contributed by atoms with Gasteiger partial charge in [0.05, 0.1) is 11.6 Å². The monoisotopic (exact) mass is 201 g/mol. The third-order valence-electron chi connectivity index (χ3n) is 2.07. The Morgan fingerprint density at radius 1 is 0.867 bits per heavy atom. The van der Waals surface area contributed by atoms with Crippen molar-refractivity contribution in [2.45, 2.75) is 0 Å². The minimum absolute atomic E-state index is 0. The number of nitrogens with zero attached hydrogens (tertiary/aromatic N) is 1. The van der Waals surface area contributed by atoms with Crippen molar-refractivity contribution in [2.75, 3.05) is 0 Å². The molecule has 0 saturated heterocycles. The van der Waals surface area contributed by atoms with E-state index in [4.69, 9.17) is 5.26 Å². The molecule has 0 N–H and O–H groups in total. The summed E-state index contributed by atoms with van der Waals surface area (Å²) >= 11 is 0. The van der Waals surface area contributed by atoms with Crippen LogP contribution in [0.1, 0.15) is 5.56 Å². The first-order valence-corrected chi connectivity index (χ1v) is 4.37. The molecule has 2 rings (SSSR count). The van der Waals surface area contributed by atoms with E-state index < -0.39 is 0 Å². The maximum Gasteiger partial charge on any atom is 1.00 e. The number of hydrogen-bond donors (Lipinski definition) is 0. The third-order valence-corrected chi connectivity index (χ3v) is 2.07. The molecule has 66 valence electrons. The molecule has 2 heteroatoms. The molecule has 0 aromatic heterocycles. The van der Waals surface area contributed by atoms with Gasteiger partial charge < -0.3 is 0 Å². The van der Waals surface area contributed by atoms with Crippen molar-refractivity contribution in [2.24, 2.45) is 0 Å². The van der Waals surface area contributed by atoms with Gasteiger partial charge in [0.1, 0.15) is 0 Å². The molecule has 0 spiro atoms. The Morgan fingerprint density at radius 3 is 1.93 bits per heavy atom. The summed E-state index contributed by atoms with van der Waals surface area (Å²) in [5, 5.41) is 8.64. The van der Waals surface area contributed by atoms with Crippen LogP contribution in [0.3, 0.4) is 0 Å². The fraction of sp³-hybridized carbons (Fsp3) is 0. The predicted molar refractivity (Wildman–Crippen MR) is 55.4 cm³/mol. The van der Waals surface area contributed by atoms with Gasteiger partial charge in [0.15, 0.2) is 0 Å². The average molecular weight is 201 g/mol. The second-order valence-corrected chi connectivity index (χ2v) is 2.98. The van der Waals surface area contributed by atoms with Gasteiger partial charge in [0.25, 0.3) is 0 Å². The van der Waals surface area contributed by atoms with Crippen molar-refractivity contribution in [3.63, 3.8) is 0 Å². The van der Waals surface area contributed by atoms with E-state index in [0.29, 0.717) is 5.56 Å². The van der Waals surface area contributed by atoms with Gasteiger partial charge in [0, 0.05) is 0 Å². The minimum atomic E-state index is 0. The van der Waals surface area contributed by atoms with Crippen LogP contribution in [-0.4, -0.2) is 0 Å². The number of hydrogen-bond acceptors (Lipinski definition) is 1. The molecule has 0 atom stereocenters. The average Bonchev–Trinajstić information content (AvgIpc) is 2.30. The van der Waals surface area contributed by atoms with E-state index in [9.17, 15) is 0 Å². The molecule has 0 radical (unpaired) electrons. The second-order valence-electron chi connectivity index (χ2n) is 2.98. The Kier molecular flexibility index (Phi) is 4.58. The Balaban J connectivity index is 0.00000112. The normalized spacial score (nSPS) is 8.73. The predicted octanol–water partition coefficient (Wildman–Crippen LogP) is 0.0295. The molecule has 0 bridgehead atoms. The molecule has 0 fully saturated rings. The maximum atomic E-state index is 8.64. The van der Waals surface area contributed by atoms with E-state index in [-0.39, 0.29) is 29.6 Å². The van der Waals surface area contributed by atoms with Gasteiger partial charge in [-0.05, 0) is 17.7 Å². The number of nitriles is 1. The fourth-order valence-corrected chi connectivity index (χ4v) is 1.32. The molecule has 0 aliphatic carbocycles. The van der Waals surface area contributed by atoms with Crippen molar-refractivity contribution < 1.29 is 29.6 Å². The van der Waals surface area contributed by atoms with Crippen LogP contribution in [0.4, 0.5) is 0 Å². The zero-order valence-corrected chi connectivity index (χ0v) is 10.6. The Hall–Kier alpha value is -1.07. The summed E-state index contributed by atoms with van der Waals surface area (Å²) in [7, 11) is 0. The SMILES string of the molecule is N#Cc1ccc(-c2cc[c-]cc2)cc1.[Na+]. The van der Waals surface area contributed by atoms with E-state index in [1.54, 1.807) is 0 Å². The summed E-state index contributed by atoms with van der Waals surface area (Å²) in [6.07, 6.45) is 0. The summed E-state index contributed by atoms with van der Waals surface area (Å²) in [4.78, 5) is 0. The van der Waals surface area contributed by atoms with Crippen LogP contribution in [0.25, 0.3) is 11.1 Å². The van der Waals surface area contributed by atoms with Crippen LogP contribution in [0.15, 0.2) is 48.5 Å². The molecule has 1 nitrogen and oxygen atoms in total. The minimum Gasteiger partial charge on any atom is -0.192 e. The van der Waals surface area contributed by atoms with Gasteiger partial charge in [0.2, 0.25) is 0 Å². The summed E-state index contributed by atoms with van der Waals surface area (Å²) < 4.78 is 0. The van der Waals surface area contributed by atoms with E-state index in [1.165, 1.54) is 0 Å². The van der Waals surface area contributed by atoms with Gasteiger partial charge in [-0.3, -0.25) is 0 Å². The van der Waals surface area contributed by atoms with Crippen LogP contribution < -0.4 is 29.6 Å². The van der Waals surface area contributed by atoms with E-state index in [0.717, 1.165) is 11.1 Å². The smallest absolute Gasteiger partial charge is 0.192 e. The van der Waals surface area contributed by atoms with E-state index >= 15 is 0 Å². The summed E-state index contributed by atoms with van der Waals surface area (Å²) in [6.45, 7) is 0. The van der Waals surface area contributed by atoms with Gasteiger partial charge in [-0.2, -0.15) is 35.6 Å². The fourth-order valence-electron chi connectivity index (χ4n) is 1.32. The molecule has 0 aliphatic heterocycles. The van der Waals surface area contributed by atoms with Gasteiger partial charge in [-0.25, -0.2) is 0 Å². The van der Waals surface area contributed by atoms with Crippen molar-refractivity contribution in [3.8, 4) is 17.2 Å². The standard InChI is InChI=1S/C13H8N.Na/c14-10-11-6-8-13(9-7-11)12-4-2-1-3-5-12;/h2-9H;/q-1;+1. The Bertz CT molecular complexity index is 454. The van der Waals surface area contributed by atoms with E-state index in [2.05, 4.69) is 12.1 Å². The van der Waals surface area contributed by atoms with Crippen molar-refractivity contribution in [3.05, 3.63) is 60.2 Å². The van der Waals surface area contributed by atoms with E-state index in [1.807, 2.05) is 48.5 Å². The molecule has 0 amide bonds. The Morgan fingerprint density at radius 2 is 1.40 bits per heavy atom. The zero-order chi connectivity index (χ0) is 9.80. The summed E-state index contributed by atoms with van der Waals surface area (Å²) in [5.41, 5.74) is 2.96. The van der Waals surface area contributed by atoms with Crippen LogP contribution in [0, 0.1) is 17.4 Å². The van der Waals surface area contributed by atoms with Gasteiger partial charge in [-0.1, -0.05) is 12.1 Å². The molecular weight excluding hydrogens is 193 g/mol. The summed E-state index contributed by atoms with van der Waals surface area (Å²) in [5.74, 6) is 0. The quantitative estimate of drug-likeness (QED) is 0.471. The molecule has 0 saturated carbocycles. The van der Waals surface area contributed by atoms with Crippen LogP contribution >= 0.6 is 0 Å². The maximum absolute atomic E-state index is 8.64. The summed E-state index contributed by atoms with van der Waals surface area (Å²) in [6, 6.07) is 20.4.